The number of carbonyl (C=O) groups is 1. The van der Waals surface area contributed by atoms with Gasteiger partial charge < -0.3 is 10.2 Å². The zero-order valence-electron chi connectivity index (χ0n) is 11.6. The van der Waals surface area contributed by atoms with Crippen LogP contribution in [-0.2, 0) is 0 Å². The van der Waals surface area contributed by atoms with Crippen molar-refractivity contribution >= 4 is 21.8 Å². The van der Waals surface area contributed by atoms with E-state index < -0.39 is 0 Å². The third kappa shape index (κ3) is 3.37. The topological polar surface area (TPSA) is 32.3 Å². The van der Waals surface area contributed by atoms with Crippen LogP contribution in [0.1, 0.15) is 36.0 Å². The van der Waals surface area contributed by atoms with Crippen LogP contribution in [0.2, 0.25) is 0 Å². The summed E-state index contributed by atoms with van der Waals surface area (Å²) in [5.41, 5.74) is 0.862. The molecule has 4 heteroatoms. The lowest BCUT2D eigenvalue weighted by Crippen LogP contribution is -2.50. The molecule has 3 nitrogen and oxygen atoms in total. The standard InChI is InChI=1S/C15H21BrN2O/c1-18(2)15(9-3-4-10-15)11-17-14(19)12-5-7-13(16)8-6-12/h5-8H,3-4,9-11H2,1-2H3,(H,17,19). The van der Waals surface area contributed by atoms with Crippen molar-refractivity contribution in [1.82, 2.24) is 10.2 Å². The van der Waals surface area contributed by atoms with E-state index in [1.807, 2.05) is 24.3 Å². The fourth-order valence-electron chi connectivity index (χ4n) is 2.76. The molecular weight excluding hydrogens is 304 g/mol. The van der Waals surface area contributed by atoms with Gasteiger partial charge in [-0.1, -0.05) is 28.8 Å². The van der Waals surface area contributed by atoms with E-state index in [4.69, 9.17) is 0 Å². The highest BCUT2D eigenvalue weighted by molar-refractivity contribution is 9.10. The maximum Gasteiger partial charge on any atom is 0.251 e. The number of amides is 1. The van der Waals surface area contributed by atoms with E-state index in [1.54, 1.807) is 0 Å². The van der Waals surface area contributed by atoms with E-state index in [-0.39, 0.29) is 11.4 Å². The molecule has 0 unspecified atom stereocenters. The third-order valence-corrected chi connectivity index (χ3v) is 4.70. The number of likely N-dealkylation sites (N-methyl/N-ethyl adjacent to an activating group) is 1. The van der Waals surface area contributed by atoms with Gasteiger partial charge in [0.1, 0.15) is 0 Å². The molecule has 19 heavy (non-hydrogen) atoms. The van der Waals surface area contributed by atoms with Gasteiger partial charge in [-0.15, -0.1) is 0 Å². The fraction of sp³-hybridized carbons (Fsp3) is 0.533. The van der Waals surface area contributed by atoms with Crippen molar-refractivity contribution in [3.8, 4) is 0 Å². The molecule has 0 heterocycles. The second-order valence-corrected chi connectivity index (χ2v) is 6.43. The average Bonchev–Trinajstić information content (AvgIpc) is 2.87. The zero-order chi connectivity index (χ0) is 13.9. The Morgan fingerprint density at radius 2 is 1.84 bits per heavy atom. The quantitative estimate of drug-likeness (QED) is 0.923. The van der Waals surface area contributed by atoms with Crippen LogP contribution in [0.3, 0.4) is 0 Å². The number of benzene rings is 1. The van der Waals surface area contributed by atoms with Gasteiger partial charge in [0.2, 0.25) is 0 Å². The number of halogens is 1. The number of hydrogen-bond acceptors (Lipinski definition) is 2. The predicted octanol–water partition coefficient (Wildman–Crippen LogP) is 3.05. The maximum atomic E-state index is 12.1. The molecule has 1 amide bonds. The lowest BCUT2D eigenvalue weighted by Gasteiger charge is -2.36. The molecule has 0 spiro atoms. The van der Waals surface area contributed by atoms with Crippen molar-refractivity contribution in [1.29, 1.82) is 0 Å². The Labute approximate surface area is 123 Å². The first-order valence-corrected chi connectivity index (χ1v) is 7.54. The summed E-state index contributed by atoms with van der Waals surface area (Å²) in [6.45, 7) is 0.731. The summed E-state index contributed by atoms with van der Waals surface area (Å²) in [7, 11) is 4.22. The summed E-state index contributed by atoms with van der Waals surface area (Å²) >= 11 is 3.38. The van der Waals surface area contributed by atoms with E-state index in [2.05, 4.69) is 40.2 Å². The number of hydrogen-bond donors (Lipinski definition) is 1. The van der Waals surface area contributed by atoms with Crippen LogP contribution >= 0.6 is 15.9 Å². The Balaban J connectivity index is 1.97. The Hall–Kier alpha value is -0.870. The Kier molecular flexibility index (Phi) is 4.63. The molecule has 1 fully saturated rings. The summed E-state index contributed by atoms with van der Waals surface area (Å²) in [4.78, 5) is 14.4. The summed E-state index contributed by atoms with van der Waals surface area (Å²) in [5, 5.41) is 3.09. The third-order valence-electron chi connectivity index (χ3n) is 4.17. The molecule has 1 N–H and O–H groups in total. The molecule has 1 aliphatic rings. The van der Waals surface area contributed by atoms with Gasteiger partial charge in [0.05, 0.1) is 0 Å². The molecule has 0 atom stereocenters. The van der Waals surface area contributed by atoms with Gasteiger partial charge in [-0.05, 0) is 51.2 Å². The average molecular weight is 325 g/mol. The van der Waals surface area contributed by atoms with Gasteiger partial charge >= 0.3 is 0 Å². The first kappa shape index (κ1) is 14.5. The van der Waals surface area contributed by atoms with Gasteiger partial charge in [0, 0.05) is 22.1 Å². The van der Waals surface area contributed by atoms with Crippen LogP contribution in [0.15, 0.2) is 28.7 Å². The molecule has 1 aromatic carbocycles. The molecule has 0 aliphatic heterocycles. The van der Waals surface area contributed by atoms with Crippen molar-refractivity contribution in [2.24, 2.45) is 0 Å². The Morgan fingerprint density at radius 1 is 1.26 bits per heavy atom. The smallest absolute Gasteiger partial charge is 0.251 e. The molecule has 0 saturated heterocycles. The Morgan fingerprint density at radius 3 is 2.37 bits per heavy atom. The molecule has 0 bridgehead atoms. The normalized spacial score (nSPS) is 17.7. The van der Waals surface area contributed by atoms with Crippen molar-refractivity contribution < 1.29 is 4.79 Å². The van der Waals surface area contributed by atoms with E-state index in [1.165, 1.54) is 25.7 Å². The minimum Gasteiger partial charge on any atom is -0.350 e. The first-order chi connectivity index (χ1) is 9.03. The molecule has 2 rings (SSSR count). The zero-order valence-corrected chi connectivity index (χ0v) is 13.2. The highest BCUT2D eigenvalue weighted by atomic mass is 79.9. The van der Waals surface area contributed by atoms with Crippen molar-refractivity contribution in [2.45, 2.75) is 31.2 Å². The SMILES string of the molecule is CN(C)C1(CNC(=O)c2ccc(Br)cc2)CCCC1. The number of carbonyl (C=O) groups excluding carboxylic acids is 1. The molecule has 1 aliphatic carbocycles. The second-order valence-electron chi connectivity index (χ2n) is 5.52. The van der Waals surface area contributed by atoms with Crippen LogP contribution in [0.25, 0.3) is 0 Å². The minimum atomic E-state index is 0.0145. The summed E-state index contributed by atoms with van der Waals surface area (Å²) in [6, 6.07) is 7.48. The molecular formula is C15H21BrN2O. The molecule has 104 valence electrons. The van der Waals surface area contributed by atoms with Gasteiger partial charge in [-0.25, -0.2) is 0 Å². The van der Waals surface area contributed by atoms with Crippen molar-refractivity contribution in [3.05, 3.63) is 34.3 Å². The lowest BCUT2D eigenvalue weighted by molar-refractivity contribution is 0.0900. The maximum absolute atomic E-state index is 12.1. The Bertz CT molecular complexity index is 436. The molecule has 0 aromatic heterocycles. The van der Waals surface area contributed by atoms with Gasteiger partial charge in [-0.3, -0.25) is 4.79 Å². The molecule has 1 aromatic rings. The van der Waals surface area contributed by atoms with Crippen molar-refractivity contribution in [2.75, 3.05) is 20.6 Å². The van der Waals surface area contributed by atoms with E-state index in [9.17, 15) is 4.79 Å². The van der Waals surface area contributed by atoms with E-state index in [0.717, 1.165) is 16.6 Å². The van der Waals surface area contributed by atoms with Gasteiger partial charge in [-0.2, -0.15) is 0 Å². The van der Waals surface area contributed by atoms with E-state index in [0.29, 0.717) is 0 Å². The largest absolute Gasteiger partial charge is 0.350 e. The highest BCUT2D eigenvalue weighted by Crippen LogP contribution is 2.33. The van der Waals surface area contributed by atoms with Gasteiger partial charge in [0.15, 0.2) is 0 Å². The monoisotopic (exact) mass is 324 g/mol. The van der Waals surface area contributed by atoms with E-state index >= 15 is 0 Å². The first-order valence-electron chi connectivity index (χ1n) is 6.75. The van der Waals surface area contributed by atoms with Crippen LogP contribution in [-0.4, -0.2) is 37.0 Å². The molecule has 0 radical (unpaired) electrons. The van der Waals surface area contributed by atoms with Crippen LogP contribution in [0, 0.1) is 0 Å². The van der Waals surface area contributed by atoms with Crippen LogP contribution in [0.4, 0.5) is 0 Å². The highest BCUT2D eigenvalue weighted by Gasteiger charge is 2.36. The number of rotatable bonds is 4. The van der Waals surface area contributed by atoms with Crippen LogP contribution < -0.4 is 5.32 Å². The second kappa shape index (κ2) is 6.06. The number of nitrogens with zero attached hydrogens (tertiary/aromatic N) is 1. The summed E-state index contributed by atoms with van der Waals surface area (Å²) in [6.07, 6.45) is 4.85. The minimum absolute atomic E-state index is 0.0145. The fourth-order valence-corrected chi connectivity index (χ4v) is 3.03. The predicted molar refractivity (Wildman–Crippen MR) is 81.4 cm³/mol. The number of nitrogens with one attached hydrogen (secondary N) is 1. The van der Waals surface area contributed by atoms with Gasteiger partial charge in [0.25, 0.3) is 5.91 Å². The summed E-state index contributed by atoms with van der Waals surface area (Å²) < 4.78 is 0.990. The van der Waals surface area contributed by atoms with Crippen molar-refractivity contribution in [3.63, 3.8) is 0 Å². The lowest BCUT2D eigenvalue weighted by atomic mass is 9.96. The summed E-state index contributed by atoms with van der Waals surface area (Å²) in [5.74, 6) is 0.0145. The van der Waals surface area contributed by atoms with Crippen LogP contribution in [0.5, 0.6) is 0 Å². The molecule has 1 saturated carbocycles.